The van der Waals surface area contributed by atoms with Crippen LogP contribution in [0.3, 0.4) is 0 Å². The van der Waals surface area contributed by atoms with Gasteiger partial charge in [-0.25, -0.2) is 0 Å². The Balaban J connectivity index is 2.75. The van der Waals surface area contributed by atoms with Crippen LogP contribution in [0.4, 0.5) is 0 Å². The summed E-state index contributed by atoms with van der Waals surface area (Å²) in [5, 5.41) is 10.4. The van der Waals surface area contributed by atoms with Crippen LogP contribution >= 0.6 is 19.0 Å². The molecule has 0 aliphatic rings. The van der Waals surface area contributed by atoms with E-state index in [1.165, 1.54) is 5.06 Å². The third-order valence-electron chi connectivity index (χ3n) is 3.19. The van der Waals surface area contributed by atoms with Gasteiger partial charge in [0.25, 0.3) is 0 Å². The van der Waals surface area contributed by atoms with Crippen LogP contribution in [0.15, 0.2) is 48.3 Å². The minimum absolute atomic E-state index is 0.525. The predicted octanol–water partition coefficient (Wildman–Crippen LogP) is 5.26. The zero-order valence-corrected chi connectivity index (χ0v) is 18.2. The first-order chi connectivity index (χ1) is 13.1. The van der Waals surface area contributed by atoms with E-state index in [-0.39, 0.29) is 0 Å². The van der Waals surface area contributed by atoms with Crippen molar-refractivity contribution < 1.29 is 23.7 Å². The molecule has 0 saturated heterocycles. The van der Waals surface area contributed by atoms with E-state index >= 15 is 0 Å². The number of hydrogen-bond donors (Lipinski definition) is 1. The third-order valence-corrected chi connectivity index (χ3v) is 6.22. The molecular formula is C19H30NO5PS. The van der Waals surface area contributed by atoms with Crippen LogP contribution in [0.25, 0.3) is 0 Å². The molecule has 1 aromatic carbocycles. The van der Waals surface area contributed by atoms with Crippen LogP contribution in [-0.2, 0) is 9.26 Å². The number of benzene rings is 1. The molecule has 6 nitrogen and oxygen atoms in total. The Labute approximate surface area is 167 Å². The third kappa shape index (κ3) is 11.3. The molecule has 1 atom stereocenters. The summed E-state index contributed by atoms with van der Waals surface area (Å²) in [5.41, 5.74) is 0. The average Bonchev–Trinajstić information content (AvgIpc) is 2.66. The number of ether oxygens (including phenoxy) is 2. The van der Waals surface area contributed by atoms with Crippen LogP contribution < -0.4 is 9.26 Å². The van der Waals surface area contributed by atoms with Gasteiger partial charge in [0.15, 0.2) is 0 Å². The lowest BCUT2D eigenvalue weighted by atomic mass is 10.3. The SMILES string of the molecule is CC/C=C(\C=C/COC)OP(Oc1ccc(OC)cc1)SCCCN(C)O. The van der Waals surface area contributed by atoms with Crippen molar-refractivity contribution in [3.8, 4) is 11.5 Å². The van der Waals surface area contributed by atoms with Crippen molar-refractivity contribution in [3.63, 3.8) is 0 Å². The Bertz CT molecular complexity index is 566. The molecule has 0 aromatic heterocycles. The molecule has 0 aliphatic carbocycles. The highest BCUT2D eigenvalue weighted by atomic mass is 32.7. The van der Waals surface area contributed by atoms with Crippen LogP contribution in [0.5, 0.6) is 11.5 Å². The van der Waals surface area contributed by atoms with E-state index in [9.17, 15) is 5.21 Å². The van der Waals surface area contributed by atoms with Crippen molar-refractivity contribution in [2.75, 3.05) is 40.2 Å². The maximum absolute atomic E-state index is 9.26. The number of nitrogens with zero attached hydrogens (tertiary/aromatic N) is 1. The molecule has 0 bridgehead atoms. The molecule has 1 aromatic rings. The topological polar surface area (TPSA) is 60.4 Å². The number of allylic oxidation sites excluding steroid dienone is 2. The summed E-state index contributed by atoms with van der Waals surface area (Å²) in [6, 6.07) is 7.44. The molecule has 0 radical (unpaired) electrons. The Morgan fingerprint density at radius 1 is 1.22 bits per heavy atom. The van der Waals surface area contributed by atoms with Gasteiger partial charge in [-0.15, -0.1) is 0 Å². The van der Waals surface area contributed by atoms with Gasteiger partial charge in [0, 0.05) is 26.5 Å². The van der Waals surface area contributed by atoms with E-state index in [2.05, 4.69) is 6.92 Å². The van der Waals surface area contributed by atoms with Crippen molar-refractivity contribution in [2.24, 2.45) is 0 Å². The zero-order chi connectivity index (χ0) is 19.9. The van der Waals surface area contributed by atoms with Crippen LogP contribution in [0.1, 0.15) is 19.8 Å². The van der Waals surface area contributed by atoms with E-state index in [4.69, 9.17) is 18.5 Å². The largest absolute Gasteiger partial charge is 0.497 e. The van der Waals surface area contributed by atoms with Crippen LogP contribution in [-0.4, -0.2) is 50.4 Å². The van der Waals surface area contributed by atoms with Gasteiger partial charge in [0.05, 0.1) is 13.7 Å². The van der Waals surface area contributed by atoms with Gasteiger partial charge >= 0.3 is 7.58 Å². The first-order valence-corrected chi connectivity index (χ1v) is 11.5. The molecule has 152 valence electrons. The second-order valence-electron chi connectivity index (χ2n) is 5.52. The summed E-state index contributed by atoms with van der Waals surface area (Å²) in [5.74, 6) is 3.08. The molecule has 0 amide bonds. The molecular weight excluding hydrogens is 385 g/mol. The fourth-order valence-corrected chi connectivity index (χ4v) is 4.73. The number of rotatable bonds is 14. The maximum Gasteiger partial charge on any atom is 0.360 e. The lowest BCUT2D eigenvalue weighted by Gasteiger charge is -2.19. The van der Waals surface area contributed by atoms with Crippen molar-refractivity contribution in [1.82, 2.24) is 5.06 Å². The highest BCUT2D eigenvalue weighted by Gasteiger charge is 2.17. The smallest absolute Gasteiger partial charge is 0.360 e. The number of hydrogen-bond acceptors (Lipinski definition) is 7. The summed E-state index contributed by atoms with van der Waals surface area (Å²) in [4.78, 5) is 0. The predicted molar refractivity (Wildman–Crippen MR) is 113 cm³/mol. The van der Waals surface area contributed by atoms with E-state index in [1.807, 2.05) is 42.5 Å². The van der Waals surface area contributed by atoms with Gasteiger partial charge in [0.1, 0.15) is 17.3 Å². The minimum Gasteiger partial charge on any atom is -0.497 e. The van der Waals surface area contributed by atoms with E-state index in [1.54, 1.807) is 32.6 Å². The molecule has 0 spiro atoms. The Morgan fingerprint density at radius 2 is 1.93 bits per heavy atom. The van der Waals surface area contributed by atoms with Gasteiger partial charge in [-0.1, -0.05) is 13.0 Å². The van der Waals surface area contributed by atoms with Crippen molar-refractivity contribution >= 4 is 19.0 Å². The summed E-state index contributed by atoms with van der Waals surface area (Å²) in [7, 11) is 3.69. The molecule has 27 heavy (non-hydrogen) atoms. The fourth-order valence-electron chi connectivity index (χ4n) is 1.91. The second kappa shape index (κ2) is 14.8. The van der Waals surface area contributed by atoms with Crippen molar-refractivity contribution in [3.05, 3.63) is 48.3 Å². The standard InChI is InChI=1S/C19H30NO5PS/c1-5-8-18(9-6-15-22-3)24-26(27-16-7-14-20(2)21)25-19-12-10-17(23-4)11-13-19/h6,8-13,21H,5,7,14-16H2,1-4H3/b9-6-,18-8+. The lowest BCUT2D eigenvalue weighted by Crippen LogP contribution is -2.14. The summed E-state index contributed by atoms with van der Waals surface area (Å²) in [6.45, 7) is 3.19. The molecule has 0 fully saturated rings. The first-order valence-electron chi connectivity index (χ1n) is 8.77. The summed E-state index contributed by atoms with van der Waals surface area (Å²) >= 11 is 1.61. The van der Waals surface area contributed by atoms with Crippen molar-refractivity contribution in [1.29, 1.82) is 0 Å². The number of methoxy groups -OCH3 is 2. The van der Waals surface area contributed by atoms with Gasteiger partial charge in [-0.05, 0) is 60.6 Å². The molecule has 1 N–H and O–H groups in total. The lowest BCUT2D eigenvalue weighted by molar-refractivity contribution is -0.0640. The molecule has 0 heterocycles. The minimum atomic E-state index is -1.24. The fraction of sp³-hybridized carbons (Fsp3) is 0.474. The van der Waals surface area contributed by atoms with Gasteiger partial charge in [-0.3, -0.25) is 0 Å². The van der Waals surface area contributed by atoms with Gasteiger partial charge < -0.3 is 23.7 Å². The van der Waals surface area contributed by atoms with Crippen LogP contribution in [0.2, 0.25) is 0 Å². The summed E-state index contributed by atoms with van der Waals surface area (Å²) < 4.78 is 22.4. The van der Waals surface area contributed by atoms with E-state index in [0.717, 1.165) is 35.9 Å². The normalized spacial score (nSPS) is 13.2. The molecule has 8 heteroatoms. The second-order valence-corrected chi connectivity index (χ2v) is 8.67. The first kappa shape index (κ1) is 23.8. The Kier molecular flexibility index (Phi) is 13.0. The maximum atomic E-state index is 9.26. The van der Waals surface area contributed by atoms with Crippen molar-refractivity contribution in [2.45, 2.75) is 19.8 Å². The molecule has 0 saturated carbocycles. The summed E-state index contributed by atoms with van der Waals surface area (Å²) in [6.07, 6.45) is 7.52. The quantitative estimate of drug-likeness (QED) is 0.146. The van der Waals surface area contributed by atoms with E-state index in [0.29, 0.717) is 13.2 Å². The van der Waals surface area contributed by atoms with Gasteiger partial charge in [-0.2, -0.15) is 5.06 Å². The molecule has 1 unspecified atom stereocenters. The highest BCUT2D eigenvalue weighted by molar-refractivity contribution is 8.52. The molecule has 0 aliphatic heterocycles. The van der Waals surface area contributed by atoms with E-state index < -0.39 is 7.58 Å². The van der Waals surface area contributed by atoms with Gasteiger partial charge in [0.2, 0.25) is 0 Å². The monoisotopic (exact) mass is 415 g/mol. The Hall–Kier alpha value is -1.24. The van der Waals surface area contributed by atoms with Crippen LogP contribution in [0, 0.1) is 0 Å². The average molecular weight is 415 g/mol. The number of hydroxylamine groups is 2. The zero-order valence-electron chi connectivity index (χ0n) is 16.5. The molecule has 1 rings (SSSR count). The highest BCUT2D eigenvalue weighted by Crippen LogP contribution is 2.53. The Morgan fingerprint density at radius 3 is 2.52 bits per heavy atom.